The van der Waals surface area contributed by atoms with Crippen LogP contribution in [0.5, 0.6) is 0 Å². The highest BCUT2D eigenvalue weighted by Crippen LogP contribution is 2.02. The van der Waals surface area contributed by atoms with Crippen LogP contribution in [0.2, 0.25) is 0 Å². The molecule has 172 valence electrons. The first-order chi connectivity index (χ1) is 14.8. The van der Waals surface area contributed by atoms with Gasteiger partial charge >= 0.3 is 6.09 Å². The summed E-state index contributed by atoms with van der Waals surface area (Å²) in [5.74, 6) is 0. The fourth-order valence-electron chi connectivity index (χ4n) is 2.57. The van der Waals surface area contributed by atoms with Crippen molar-refractivity contribution in [3.8, 4) is 0 Å². The van der Waals surface area contributed by atoms with Crippen LogP contribution in [-0.4, -0.2) is 65.5 Å². The highest BCUT2D eigenvalue weighted by atomic mass is 16.6. The lowest BCUT2D eigenvalue weighted by molar-refractivity contribution is -0.00182. The van der Waals surface area contributed by atoms with Crippen LogP contribution >= 0.6 is 0 Å². The molecule has 0 radical (unpaired) electrons. The van der Waals surface area contributed by atoms with Gasteiger partial charge in [-0.1, -0.05) is 62.9 Å². The molecule has 0 fully saturated rings. The predicted molar refractivity (Wildman–Crippen MR) is 117 cm³/mol. The molecule has 1 amide bonds. The molecule has 0 saturated heterocycles. The normalized spacial score (nSPS) is 10.8. The SMILES string of the molecule is CCCCCCCOCCOCCOCCOCCNC(=O)OCc1ccccc1. The summed E-state index contributed by atoms with van der Waals surface area (Å²) in [5, 5.41) is 2.65. The average molecular weight is 426 g/mol. The van der Waals surface area contributed by atoms with Crippen molar-refractivity contribution in [3.63, 3.8) is 0 Å². The molecule has 0 aliphatic carbocycles. The summed E-state index contributed by atoms with van der Waals surface area (Å²) in [7, 11) is 0. The van der Waals surface area contributed by atoms with E-state index in [1.807, 2.05) is 30.3 Å². The predicted octanol–water partition coefficient (Wildman–Crippen LogP) is 3.95. The van der Waals surface area contributed by atoms with Crippen molar-refractivity contribution in [1.82, 2.24) is 5.32 Å². The smallest absolute Gasteiger partial charge is 0.407 e. The minimum absolute atomic E-state index is 0.259. The standard InChI is InChI=1S/C23H39NO6/c1-2-3-4-5-9-13-26-15-17-28-19-20-29-18-16-27-14-12-24-23(25)30-21-22-10-7-6-8-11-22/h6-8,10-11H,2-5,9,12-21H2,1H3,(H,24,25). The Morgan fingerprint density at radius 2 is 1.30 bits per heavy atom. The quantitative estimate of drug-likeness (QED) is 0.319. The maximum atomic E-state index is 11.6. The number of rotatable bonds is 20. The molecule has 30 heavy (non-hydrogen) atoms. The number of carbonyl (C=O) groups excluding carboxylic acids is 1. The van der Waals surface area contributed by atoms with Gasteiger partial charge in [0.15, 0.2) is 0 Å². The Bertz CT molecular complexity index is 500. The van der Waals surface area contributed by atoms with Gasteiger partial charge in [0.25, 0.3) is 0 Å². The van der Waals surface area contributed by atoms with E-state index in [-0.39, 0.29) is 6.61 Å². The molecule has 1 aromatic rings. The van der Waals surface area contributed by atoms with Gasteiger partial charge in [0.2, 0.25) is 0 Å². The zero-order valence-corrected chi connectivity index (χ0v) is 18.4. The maximum absolute atomic E-state index is 11.6. The first-order valence-electron chi connectivity index (χ1n) is 11.1. The molecule has 1 N–H and O–H groups in total. The lowest BCUT2D eigenvalue weighted by atomic mass is 10.2. The number of nitrogens with one attached hydrogen (secondary N) is 1. The monoisotopic (exact) mass is 425 g/mol. The molecule has 7 nitrogen and oxygen atoms in total. The second-order valence-electron chi connectivity index (χ2n) is 6.85. The third kappa shape index (κ3) is 17.2. The zero-order valence-electron chi connectivity index (χ0n) is 18.4. The molecule has 0 aromatic heterocycles. The second-order valence-corrected chi connectivity index (χ2v) is 6.85. The molecule has 0 aliphatic heterocycles. The number of amides is 1. The molecule has 0 bridgehead atoms. The molecule has 0 spiro atoms. The molecule has 1 aromatic carbocycles. The van der Waals surface area contributed by atoms with Gasteiger partial charge in [0, 0.05) is 13.2 Å². The van der Waals surface area contributed by atoms with Gasteiger partial charge < -0.3 is 29.0 Å². The summed E-state index contributed by atoms with van der Waals surface area (Å²) in [6.45, 7) is 7.40. The lowest BCUT2D eigenvalue weighted by Gasteiger charge is -2.09. The Balaban J connectivity index is 1.73. The first kappa shape index (κ1) is 26.4. The zero-order chi connectivity index (χ0) is 21.5. The second kappa shape index (κ2) is 20.6. The van der Waals surface area contributed by atoms with Crippen molar-refractivity contribution in [2.75, 3.05) is 59.4 Å². The largest absolute Gasteiger partial charge is 0.445 e. The van der Waals surface area contributed by atoms with Crippen molar-refractivity contribution in [2.24, 2.45) is 0 Å². The lowest BCUT2D eigenvalue weighted by Crippen LogP contribution is -2.28. The van der Waals surface area contributed by atoms with Crippen LogP contribution in [-0.2, 0) is 30.3 Å². The molecule has 0 unspecified atom stereocenters. The van der Waals surface area contributed by atoms with Crippen LogP contribution in [0.25, 0.3) is 0 Å². The minimum atomic E-state index is -0.448. The van der Waals surface area contributed by atoms with Crippen LogP contribution < -0.4 is 5.32 Å². The van der Waals surface area contributed by atoms with E-state index in [0.717, 1.165) is 18.6 Å². The van der Waals surface area contributed by atoms with E-state index in [9.17, 15) is 4.79 Å². The summed E-state index contributed by atoms with van der Waals surface area (Å²) in [5.41, 5.74) is 0.954. The third-order valence-electron chi connectivity index (χ3n) is 4.24. The van der Waals surface area contributed by atoms with Crippen molar-refractivity contribution in [2.45, 2.75) is 45.6 Å². The van der Waals surface area contributed by atoms with Crippen molar-refractivity contribution < 1.29 is 28.5 Å². The Kier molecular flexibility index (Phi) is 18.1. The maximum Gasteiger partial charge on any atom is 0.407 e. The van der Waals surface area contributed by atoms with Gasteiger partial charge in [-0.2, -0.15) is 0 Å². The van der Waals surface area contributed by atoms with Crippen LogP contribution in [0.3, 0.4) is 0 Å². The van der Waals surface area contributed by atoms with E-state index in [1.165, 1.54) is 25.7 Å². The molecule has 0 aliphatic rings. The Morgan fingerprint density at radius 1 is 0.733 bits per heavy atom. The molecule has 0 atom stereocenters. The van der Waals surface area contributed by atoms with E-state index < -0.39 is 6.09 Å². The van der Waals surface area contributed by atoms with Crippen molar-refractivity contribution >= 4 is 6.09 Å². The van der Waals surface area contributed by atoms with E-state index in [4.69, 9.17) is 23.7 Å². The van der Waals surface area contributed by atoms with Crippen molar-refractivity contribution in [3.05, 3.63) is 35.9 Å². The van der Waals surface area contributed by atoms with Gasteiger partial charge in [-0.15, -0.1) is 0 Å². The van der Waals surface area contributed by atoms with Gasteiger partial charge in [0.05, 0.1) is 46.2 Å². The fraction of sp³-hybridized carbons (Fsp3) is 0.696. The van der Waals surface area contributed by atoms with E-state index in [0.29, 0.717) is 52.8 Å². The first-order valence-corrected chi connectivity index (χ1v) is 11.1. The molecular formula is C23H39NO6. The number of hydrogen-bond donors (Lipinski definition) is 1. The fourth-order valence-corrected chi connectivity index (χ4v) is 2.57. The van der Waals surface area contributed by atoms with Gasteiger partial charge in [-0.25, -0.2) is 4.79 Å². The average Bonchev–Trinajstić information content (AvgIpc) is 2.77. The highest BCUT2D eigenvalue weighted by Gasteiger charge is 2.01. The Labute approximate surface area is 181 Å². The Morgan fingerprint density at radius 3 is 1.93 bits per heavy atom. The summed E-state index contributed by atoms with van der Waals surface area (Å²) in [6.07, 6.45) is 5.82. The molecule has 0 saturated carbocycles. The van der Waals surface area contributed by atoms with Crippen LogP contribution in [0.1, 0.15) is 44.6 Å². The number of unbranched alkanes of at least 4 members (excludes halogenated alkanes) is 4. The summed E-state index contributed by atoms with van der Waals surface area (Å²) >= 11 is 0. The van der Waals surface area contributed by atoms with Crippen LogP contribution in [0.4, 0.5) is 4.79 Å². The van der Waals surface area contributed by atoms with Crippen LogP contribution in [0, 0.1) is 0 Å². The topological polar surface area (TPSA) is 75.3 Å². The van der Waals surface area contributed by atoms with Crippen molar-refractivity contribution in [1.29, 1.82) is 0 Å². The van der Waals surface area contributed by atoms with Crippen LogP contribution in [0.15, 0.2) is 30.3 Å². The number of ether oxygens (including phenoxy) is 5. The molecule has 1 rings (SSSR count). The van der Waals surface area contributed by atoms with Gasteiger partial charge in [-0.3, -0.25) is 0 Å². The van der Waals surface area contributed by atoms with Gasteiger partial charge in [0.1, 0.15) is 6.61 Å². The van der Waals surface area contributed by atoms with E-state index in [1.54, 1.807) is 0 Å². The molecule has 0 heterocycles. The van der Waals surface area contributed by atoms with E-state index >= 15 is 0 Å². The van der Waals surface area contributed by atoms with Gasteiger partial charge in [-0.05, 0) is 12.0 Å². The summed E-state index contributed by atoms with van der Waals surface area (Å²) in [6, 6.07) is 9.55. The molecular weight excluding hydrogens is 386 g/mol. The number of carbonyl (C=O) groups is 1. The highest BCUT2D eigenvalue weighted by molar-refractivity contribution is 5.67. The molecule has 7 heteroatoms. The number of alkyl carbamates (subject to hydrolysis) is 1. The summed E-state index contributed by atoms with van der Waals surface area (Å²) in [4.78, 5) is 11.6. The van der Waals surface area contributed by atoms with E-state index in [2.05, 4.69) is 12.2 Å². The summed E-state index contributed by atoms with van der Waals surface area (Å²) < 4.78 is 26.9. The number of benzene rings is 1. The number of hydrogen-bond acceptors (Lipinski definition) is 6. The Hall–Kier alpha value is -1.67. The minimum Gasteiger partial charge on any atom is -0.445 e. The third-order valence-corrected chi connectivity index (χ3v) is 4.24.